The van der Waals surface area contributed by atoms with Gasteiger partial charge in [-0.15, -0.1) is 0 Å². The van der Waals surface area contributed by atoms with E-state index in [1.165, 1.54) is 0 Å². The monoisotopic (exact) mass is 339 g/mol. The minimum Gasteiger partial charge on any atom is -0.497 e. The highest BCUT2D eigenvalue weighted by Crippen LogP contribution is 2.37. The molecule has 0 saturated heterocycles. The Kier molecular flexibility index (Phi) is 4.74. The summed E-state index contributed by atoms with van der Waals surface area (Å²) in [5, 5.41) is 9.43. The Morgan fingerprint density at radius 3 is 2.72 bits per heavy atom. The van der Waals surface area contributed by atoms with E-state index in [-0.39, 0.29) is 18.4 Å². The van der Waals surface area contributed by atoms with Gasteiger partial charge in [0.15, 0.2) is 0 Å². The van der Waals surface area contributed by atoms with Crippen LogP contribution in [0.5, 0.6) is 5.75 Å². The summed E-state index contributed by atoms with van der Waals surface area (Å²) in [6.07, 6.45) is 0.313. The van der Waals surface area contributed by atoms with Crippen LogP contribution in [0.4, 0.5) is 5.69 Å². The smallest absolute Gasteiger partial charge is 0.312 e. The zero-order valence-corrected chi connectivity index (χ0v) is 14.3. The van der Waals surface area contributed by atoms with Gasteiger partial charge >= 0.3 is 5.97 Å². The number of para-hydroxylation sites is 1. The van der Waals surface area contributed by atoms with Gasteiger partial charge in [-0.25, -0.2) is 0 Å². The fraction of sp³-hybridized carbons (Fsp3) is 0.300. The van der Waals surface area contributed by atoms with E-state index in [1.807, 2.05) is 49.4 Å². The molecule has 5 nitrogen and oxygen atoms in total. The third-order valence-electron chi connectivity index (χ3n) is 4.71. The summed E-state index contributed by atoms with van der Waals surface area (Å²) < 4.78 is 5.24. The fourth-order valence-electron chi connectivity index (χ4n) is 3.29. The number of hydrogen-bond donors (Lipinski definition) is 1. The maximum Gasteiger partial charge on any atom is 0.312 e. The molecule has 3 rings (SSSR count). The largest absolute Gasteiger partial charge is 0.497 e. The number of benzene rings is 2. The van der Waals surface area contributed by atoms with E-state index in [4.69, 9.17) is 4.74 Å². The number of amides is 1. The molecule has 1 N–H and O–H groups in total. The molecule has 2 aromatic carbocycles. The first-order valence-corrected chi connectivity index (χ1v) is 8.27. The Labute approximate surface area is 146 Å². The minimum absolute atomic E-state index is 0.0126. The number of carbonyl (C=O) groups excluding carboxylic acids is 1. The number of ether oxygens (including phenoxy) is 1. The molecule has 0 fully saturated rings. The van der Waals surface area contributed by atoms with E-state index >= 15 is 0 Å². The molecular formula is C20H21NO4. The molecule has 2 aromatic rings. The van der Waals surface area contributed by atoms with E-state index < -0.39 is 11.9 Å². The zero-order chi connectivity index (χ0) is 18.0. The molecule has 25 heavy (non-hydrogen) atoms. The quantitative estimate of drug-likeness (QED) is 0.906. The van der Waals surface area contributed by atoms with Crippen LogP contribution in [-0.2, 0) is 9.59 Å². The second kappa shape index (κ2) is 6.97. The van der Waals surface area contributed by atoms with E-state index in [0.717, 1.165) is 11.3 Å². The lowest BCUT2D eigenvalue weighted by Gasteiger charge is -2.20. The highest BCUT2D eigenvalue weighted by atomic mass is 16.5. The van der Waals surface area contributed by atoms with Gasteiger partial charge in [0.05, 0.1) is 7.11 Å². The number of fused-ring (bicyclic) bond motifs is 1. The van der Waals surface area contributed by atoms with E-state index in [9.17, 15) is 14.7 Å². The van der Waals surface area contributed by atoms with Gasteiger partial charge in [0.2, 0.25) is 5.91 Å². The normalized spacial score (nSPS) is 17.0. The van der Waals surface area contributed by atoms with Gasteiger partial charge in [-0.1, -0.05) is 37.3 Å². The van der Waals surface area contributed by atoms with E-state index in [2.05, 4.69) is 0 Å². The molecule has 0 bridgehead atoms. The number of carboxylic acids is 1. The maximum absolute atomic E-state index is 12.8. The van der Waals surface area contributed by atoms with Crippen molar-refractivity contribution in [2.75, 3.05) is 18.6 Å². The highest BCUT2D eigenvalue weighted by Gasteiger charge is 2.36. The van der Waals surface area contributed by atoms with Crippen molar-refractivity contribution in [3.8, 4) is 5.75 Å². The molecule has 1 aliphatic rings. The summed E-state index contributed by atoms with van der Waals surface area (Å²) in [7, 11) is 1.61. The van der Waals surface area contributed by atoms with Crippen molar-refractivity contribution in [2.24, 2.45) is 0 Å². The minimum atomic E-state index is -0.899. The molecule has 0 saturated carbocycles. The average Bonchev–Trinajstić information content (AvgIpc) is 3.02. The van der Waals surface area contributed by atoms with Gasteiger partial charge in [0.1, 0.15) is 11.7 Å². The molecule has 1 heterocycles. The van der Waals surface area contributed by atoms with Gasteiger partial charge in [0, 0.05) is 18.7 Å². The molecule has 1 aliphatic heterocycles. The first-order valence-electron chi connectivity index (χ1n) is 8.27. The summed E-state index contributed by atoms with van der Waals surface area (Å²) >= 11 is 0. The fourth-order valence-corrected chi connectivity index (χ4v) is 3.29. The summed E-state index contributed by atoms with van der Waals surface area (Å²) in [5.74, 6) is -0.852. The van der Waals surface area contributed by atoms with Crippen molar-refractivity contribution in [3.05, 3.63) is 59.7 Å². The van der Waals surface area contributed by atoms with Crippen molar-refractivity contribution >= 4 is 17.6 Å². The average molecular weight is 339 g/mol. The van der Waals surface area contributed by atoms with Crippen LogP contribution in [0.2, 0.25) is 0 Å². The third kappa shape index (κ3) is 3.36. The lowest BCUT2D eigenvalue weighted by atomic mass is 9.97. The second-order valence-electron chi connectivity index (χ2n) is 6.34. The van der Waals surface area contributed by atoms with Gasteiger partial charge in [-0.05, 0) is 35.2 Å². The Morgan fingerprint density at radius 2 is 2.00 bits per heavy atom. The van der Waals surface area contributed by atoms with Crippen LogP contribution < -0.4 is 9.64 Å². The number of aliphatic carboxylic acids is 1. The number of carbonyl (C=O) groups is 2. The number of nitrogens with zero attached hydrogens (tertiary/aromatic N) is 1. The number of rotatable bonds is 5. The predicted molar refractivity (Wildman–Crippen MR) is 95.2 cm³/mol. The first kappa shape index (κ1) is 17.0. The second-order valence-corrected chi connectivity index (χ2v) is 6.34. The topological polar surface area (TPSA) is 66.8 Å². The van der Waals surface area contributed by atoms with Gasteiger partial charge < -0.3 is 14.7 Å². The molecule has 5 heteroatoms. The van der Waals surface area contributed by atoms with Crippen molar-refractivity contribution in [1.29, 1.82) is 0 Å². The molecule has 2 atom stereocenters. The molecule has 2 unspecified atom stereocenters. The zero-order valence-electron chi connectivity index (χ0n) is 14.3. The molecular weight excluding hydrogens is 318 g/mol. The van der Waals surface area contributed by atoms with Crippen LogP contribution in [-0.4, -0.2) is 30.6 Å². The molecule has 1 amide bonds. The Bertz CT molecular complexity index is 802. The molecule has 0 spiro atoms. The summed E-state index contributed by atoms with van der Waals surface area (Å²) in [4.78, 5) is 25.9. The number of hydrogen-bond acceptors (Lipinski definition) is 3. The van der Waals surface area contributed by atoms with Crippen molar-refractivity contribution in [2.45, 2.75) is 25.2 Å². The maximum atomic E-state index is 12.8. The highest BCUT2D eigenvalue weighted by molar-refractivity contribution is 5.99. The van der Waals surface area contributed by atoms with Gasteiger partial charge in [0.25, 0.3) is 0 Å². The summed E-state index contributed by atoms with van der Waals surface area (Å²) in [6, 6.07) is 14.9. The van der Waals surface area contributed by atoms with Crippen LogP contribution in [0, 0.1) is 0 Å². The SMILES string of the molecule is COc1cccc(C(C)CC(=O)N2CC(C(=O)O)c3ccccc32)c1. The molecule has 0 aromatic heterocycles. The molecule has 0 radical (unpaired) electrons. The number of carboxylic acid groups (broad SMARTS) is 1. The summed E-state index contributed by atoms with van der Waals surface area (Å²) in [6.45, 7) is 2.18. The number of anilines is 1. The van der Waals surface area contributed by atoms with E-state index in [0.29, 0.717) is 17.7 Å². The van der Waals surface area contributed by atoms with Crippen LogP contribution in [0.15, 0.2) is 48.5 Å². The first-order chi connectivity index (χ1) is 12.0. The summed E-state index contributed by atoms with van der Waals surface area (Å²) in [5.41, 5.74) is 2.44. The van der Waals surface area contributed by atoms with Crippen molar-refractivity contribution < 1.29 is 19.4 Å². The Hall–Kier alpha value is -2.82. The van der Waals surface area contributed by atoms with Gasteiger partial charge in [-0.2, -0.15) is 0 Å². The standard InChI is InChI=1S/C20H21NO4/c1-13(14-6-5-7-15(11-14)25-2)10-19(22)21-12-17(20(23)24)16-8-3-4-9-18(16)21/h3-9,11,13,17H,10,12H2,1-2H3,(H,23,24). The Morgan fingerprint density at radius 1 is 1.24 bits per heavy atom. The molecule has 0 aliphatic carbocycles. The van der Waals surface area contributed by atoms with Crippen LogP contribution >= 0.6 is 0 Å². The lowest BCUT2D eigenvalue weighted by Crippen LogP contribution is -2.32. The predicted octanol–water partition coefficient (Wildman–Crippen LogP) is 3.40. The number of methoxy groups -OCH3 is 1. The molecule has 130 valence electrons. The Balaban J connectivity index is 1.78. The van der Waals surface area contributed by atoms with Crippen molar-refractivity contribution in [1.82, 2.24) is 0 Å². The van der Waals surface area contributed by atoms with E-state index in [1.54, 1.807) is 18.1 Å². The van der Waals surface area contributed by atoms with Crippen LogP contribution in [0.3, 0.4) is 0 Å². The van der Waals surface area contributed by atoms with Crippen molar-refractivity contribution in [3.63, 3.8) is 0 Å². The third-order valence-corrected chi connectivity index (χ3v) is 4.71. The van der Waals surface area contributed by atoms with Crippen LogP contribution in [0.25, 0.3) is 0 Å². The van der Waals surface area contributed by atoms with Gasteiger partial charge in [-0.3, -0.25) is 9.59 Å². The lowest BCUT2D eigenvalue weighted by molar-refractivity contribution is -0.138. The van der Waals surface area contributed by atoms with Crippen LogP contribution in [0.1, 0.15) is 36.3 Å².